The monoisotopic (exact) mass is 365 g/mol. The van der Waals surface area contributed by atoms with Crippen molar-refractivity contribution in [3.8, 4) is 0 Å². The molecule has 25 heavy (non-hydrogen) atoms. The molecule has 0 amide bonds. The zero-order valence-corrected chi connectivity index (χ0v) is 13.4. The van der Waals surface area contributed by atoms with Gasteiger partial charge in [0, 0.05) is 26.4 Å². The number of ether oxygens (including phenoxy) is 2. The van der Waals surface area contributed by atoms with Crippen LogP contribution < -0.4 is 11.1 Å². The largest absolute Gasteiger partial charge is 0.504 e. The minimum atomic E-state index is 0. The van der Waals surface area contributed by atoms with E-state index in [4.69, 9.17) is 0 Å². The van der Waals surface area contributed by atoms with Gasteiger partial charge in [-0.15, -0.1) is 0 Å². The summed E-state index contributed by atoms with van der Waals surface area (Å²) in [5.41, 5.74) is 4.50. The Hall–Kier alpha value is -2.41. The number of carbonyl (C=O) groups excluding carboxylic acids is 2. The fraction of sp³-hybridized carbons (Fsp3) is 0.500. The maximum absolute atomic E-state index is 9.44. The molecule has 0 aromatic heterocycles. The first kappa shape index (κ1) is 49.5. The molecule has 0 atom stereocenters. The van der Waals surface area contributed by atoms with E-state index in [2.05, 4.69) is 25.5 Å². The first-order chi connectivity index (χ1) is 10.2. The van der Waals surface area contributed by atoms with Crippen molar-refractivity contribution in [2.45, 2.75) is 29.7 Å². The third-order valence-corrected chi connectivity index (χ3v) is 1.08. The molecule has 0 rings (SSSR count). The molecular weight excluding hydrogens is 322 g/mol. The fourth-order valence-corrected chi connectivity index (χ4v) is 0.446. The molecular formula is C18H43N3O4. The van der Waals surface area contributed by atoms with Crippen LogP contribution >= 0.6 is 0 Å². The molecule has 0 saturated heterocycles. The summed E-state index contributed by atoms with van der Waals surface area (Å²) in [6.45, 7) is 0. The Labute approximate surface area is 156 Å². The van der Waals surface area contributed by atoms with Crippen LogP contribution in [-0.4, -0.2) is 54.1 Å². The van der Waals surface area contributed by atoms with E-state index in [1.807, 2.05) is 0 Å². The normalized spacial score (nSPS) is 7.60. The second-order valence-corrected chi connectivity index (χ2v) is 2.46. The summed E-state index contributed by atoms with van der Waals surface area (Å²) >= 11 is 0. The molecule has 0 saturated carbocycles. The summed E-state index contributed by atoms with van der Waals surface area (Å²) in [5.74, 6) is 0. The smallest absolute Gasteiger partial charge is 0.145 e. The number of nitrogens with zero attached hydrogens (tertiary/aromatic N) is 1. The molecule has 0 fully saturated rings. The summed E-state index contributed by atoms with van der Waals surface area (Å²) in [5, 5.41) is 2.66. The van der Waals surface area contributed by atoms with Gasteiger partial charge in [0.2, 0.25) is 0 Å². The first-order valence-electron chi connectivity index (χ1n) is 5.83. The lowest BCUT2D eigenvalue weighted by atomic mass is 10.7. The average Bonchev–Trinajstić information content (AvgIpc) is 2.54. The first-order valence-corrected chi connectivity index (χ1v) is 5.83. The van der Waals surface area contributed by atoms with E-state index in [-0.39, 0.29) is 29.7 Å². The predicted octanol–water partition coefficient (Wildman–Crippen LogP) is 3.23. The van der Waals surface area contributed by atoms with Crippen LogP contribution in [0, 0.1) is 0 Å². The third-order valence-electron chi connectivity index (χ3n) is 1.08. The SMILES string of the molecule is C.C.C.C.CN.CN=C/C=C\OC.CNC=CC=O.CO/C=C\C=O. The number of carbonyl (C=O) groups is 2. The van der Waals surface area contributed by atoms with Gasteiger partial charge < -0.3 is 20.5 Å². The number of aldehydes is 2. The van der Waals surface area contributed by atoms with Gasteiger partial charge in [-0.3, -0.25) is 14.6 Å². The Kier molecular flexibility index (Phi) is 161. The Morgan fingerprint density at radius 2 is 1.24 bits per heavy atom. The van der Waals surface area contributed by atoms with Gasteiger partial charge in [0.05, 0.1) is 26.7 Å². The summed E-state index contributed by atoms with van der Waals surface area (Å²) in [6, 6.07) is 0. The molecule has 0 aliphatic rings. The van der Waals surface area contributed by atoms with Crippen molar-refractivity contribution in [1.29, 1.82) is 0 Å². The standard InChI is InChI=1S/C5H9NO.C4H7NO.C4H6O2.CH5N.4CH4/c1-6-4-3-5-7-2;1-5-3-2-4-6;1-6-4-2-3-5;1-2;;;;/h3-5H,1-2H3;2-5H,1H3;2-4H,1H3;2H2,1H3;4*1H4/b5-3-,6-4?;;4-2-;;;;;. The van der Waals surface area contributed by atoms with E-state index >= 15 is 0 Å². The van der Waals surface area contributed by atoms with E-state index in [1.165, 1.54) is 32.6 Å². The van der Waals surface area contributed by atoms with Crippen molar-refractivity contribution in [2.24, 2.45) is 10.7 Å². The minimum Gasteiger partial charge on any atom is -0.504 e. The lowest BCUT2D eigenvalue weighted by Crippen LogP contribution is -1.90. The summed E-state index contributed by atoms with van der Waals surface area (Å²) < 4.78 is 8.94. The minimum absolute atomic E-state index is 0. The summed E-state index contributed by atoms with van der Waals surface area (Å²) in [7, 11) is 8.03. The zero-order chi connectivity index (χ0) is 17.2. The van der Waals surface area contributed by atoms with Crippen molar-refractivity contribution in [3.05, 3.63) is 37.0 Å². The van der Waals surface area contributed by atoms with Crippen molar-refractivity contribution in [3.63, 3.8) is 0 Å². The van der Waals surface area contributed by atoms with Crippen LogP contribution in [0.1, 0.15) is 29.7 Å². The molecule has 0 radical (unpaired) electrons. The Bertz CT molecular complexity index is 272. The highest BCUT2D eigenvalue weighted by molar-refractivity contribution is 5.70. The lowest BCUT2D eigenvalue weighted by molar-refractivity contribution is -0.104. The van der Waals surface area contributed by atoms with Crippen LogP contribution in [-0.2, 0) is 19.1 Å². The number of methoxy groups -OCH3 is 2. The second kappa shape index (κ2) is 81.6. The van der Waals surface area contributed by atoms with Gasteiger partial charge >= 0.3 is 0 Å². The number of nitrogens with two attached hydrogens (primary N) is 1. The highest BCUT2D eigenvalue weighted by atomic mass is 16.5. The van der Waals surface area contributed by atoms with Crippen LogP contribution in [0.5, 0.6) is 0 Å². The van der Waals surface area contributed by atoms with Crippen LogP contribution in [0.3, 0.4) is 0 Å². The molecule has 0 aromatic rings. The van der Waals surface area contributed by atoms with Crippen molar-refractivity contribution >= 4 is 18.8 Å². The molecule has 0 unspecified atom stereocenters. The number of hydrogen-bond donors (Lipinski definition) is 2. The maximum Gasteiger partial charge on any atom is 0.145 e. The van der Waals surface area contributed by atoms with Gasteiger partial charge in [-0.05, 0) is 25.4 Å². The fourth-order valence-electron chi connectivity index (χ4n) is 0.446. The van der Waals surface area contributed by atoms with Gasteiger partial charge in [-0.1, -0.05) is 29.7 Å². The highest BCUT2D eigenvalue weighted by Crippen LogP contribution is 1.65. The van der Waals surface area contributed by atoms with E-state index in [0.717, 1.165) is 6.29 Å². The zero-order valence-electron chi connectivity index (χ0n) is 13.4. The Balaban J connectivity index is -0.0000000256. The number of rotatable bonds is 6. The molecule has 0 aliphatic heterocycles. The molecule has 154 valence electrons. The lowest BCUT2D eigenvalue weighted by Gasteiger charge is -1.78. The van der Waals surface area contributed by atoms with Gasteiger partial charge in [-0.2, -0.15) is 0 Å². The molecule has 0 aromatic carbocycles. The Morgan fingerprint density at radius 3 is 1.44 bits per heavy atom. The number of hydrogen-bond acceptors (Lipinski definition) is 7. The van der Waals surface area contributed by atoms with Crippen LogP contribution in [0.15, 0.2) is 41.9 Å². The Morgan fingerprint density at radius 1 is 0.840 bits per heavy atom. The average molecular weight is 366 g/mol. The molecule has 0 aliphatic carbocycles. The quantitative estimate of drug-likeness (QED) is 0.324. The summed E-state index contributed by atoms with van der Waals surface area (Å²) in [6.07, 6.45) is 11.9. The summed E-state index contributed by atoms with van der Waals surface area (Å²) in [4.78, 5) is 22.5. The molecule has 7 nitrogen and oxygen atoms in total. The predicted molar refractivity (Wildman–Crippen MR) is 114 cm³/mol. The van der Waals surface area contributed by atoms with Crippen molar-refractivity contribution in [2.75, 3.05) is 35.4 Å². The second-order valence-electron chi connectivity index (χ2n) is 2.46. The van der Waals surface area contributed by atoms with Crippen molar-refractivity contribution in [1.82, 2.24) is 5.32 Å². The third kappa shape index (κ3) is 144. The van der Waals surface area contributed by atoms with Gasteiger partial charge in [0.15, 0.2) is 0 Å². The van der Waals surface area contributed by atoms with E-state index < -0.39 is 0 Å². The van der Waals surface area contributed by atoms with Gasteiger partial charge in [0.1, 0.15) is 12.6 Å². The van der Waals surface area contributed by atoms with Crippen molar-refractivity contribution < 1.29 is 19.1 Å². The van der Waals surface area contributed by atoms with E-state index in [1.54, 1.807) is 46.0 Å². The number of allylic oxidation sites excluding steroid dienone is 3. The molecule has 3 N–H and O–H groups in total. The number of aliphatic imine (C=N–C) groups is 1. The molecule has 7 heteroatoms. The molecule has 0 heterocycles. The van der Waals surface area contributed by atoms with E-state index in [9.17, 15) is 9.59 Å². The van der Waals surface area contributed by atoms with Gasteiger partial charge in [0.25, 0.3) is 0 Å². The topological polar surface area (TPSA) is 103 Å². The molecule has 0 bridgehead atoms. The molecule has 0 spiro atoms. The van der Waals surface area contributed by atoms with Gasteiger partial charge in [-0.25, -0.2) is 0 Å². The highest BCUT2D eigenvalue weighted by Gasteiger charge is 1.57. The number of nitrogens with one attached hydrogen (secondary N) is 1. The van der Waals surface area contributed by atoms with Crippen LogP contribution in [0.2, 0.25) is 0 Å². The van der Waals surface area contributed by atoms with E-state index in [0.29, 0.717) is 6.29 Å². The maximum atomic E-state index is 9.44. The van der Waals surface area contributed by atoms with Crippen LogP contribution in [0.25, 0.3) is 0 Å². The van der Waals surface area contributed by atoms with Crippen LogP contribution in [0.4, 0.5) is 0 Å².